The summed E-state index contributed by atoms with van der Waals surface area (Å²) in [5, 5.41) is 22.6. The van der Waals surface area contributed by atoms with E-state index < -0.39 is 24.1 Å². The molecule has 2 rings (SSSR count). The third kappa shape index (κ3) is 5.42. The van der Waals surface area contributed by atoms with E-state index in [2.05, 4.69) is 5.32 Å². The molecule has 2 aromatic rings. The molecule has 0 heterocycles. The van der Waals surface area contributed by atoms with Gasteiger partial charge in [0.25, 0.3) is 0 Å². The Morgan fingerprint density at radius 3 is 2.64 bits per heavy atom. The molecule has 2 atom stereocenters. The van der Waals surface area contributed by atoms with E-state index >= 15 is 0 Å². The first kappa shape index (κ1) is 19.2. The molecule has 5 nitrogen and oxygen atoms in total. The maximum Gasteiger partial charge on any atom is 0.407 e. The van der Waals surface area contributed by atoms with Crippen molar-refractivity contribution in [1.82, 2.24) is 5.32 Å². The number of aliphatic hydroxyl groups is 2. The van der Waals surface area contributed by atoms with E-state index in [-0.39, 0.29) is 23.7 Å². The lowest BCUT2D eigenvalue weighted by Gasteiger charge is -2.20. The van der Waals surface area contributed by atoms with Gasteiger partial charge in [-0.2, -0.15) is 0 Å². The minimum absolute atomic E-state index is 0.0525. The van der Waals surface area contributed by atoms with Gasteiger partial charge in [-0.1, -0.05) is 41.9 Å². The van der Waals surface area contributed by atoms with Gasteiger partial charge in [0, 0.05) is 17.1 Å². The molecule has 0 aliphatic carbocycles. The van der Waals surface area contributed by atoms with Crippen LogP contribution in [0.15, 0.2) is 42.5 Å². The van der Waals surface area contributed by atoms with Crippen molar-refractivity contribution in [3.05, 3.63) is 70.0 Å². The van der Waals surface area contributed by atoms with E-state index in [0.29, 0.717) is 5.56 Å². The Balaban J connectivity index is 1.86. The Morgan fingerprint density at radius 2 is 1.96 bits per heavy atom. The average molecular weight is 368 g/mol. The monoisotopic (exact) mass is 367 g/mol. The summed E-state index contributed by atoms with van der Waals surface area (Å²) < 4.78 is 18.6. The number of carbonyl (C=O) groups is 1. The Labute approximate surface area is 150 Å². The fraction of sp³-hybridized carbons (Fsp3) is 0.278. The van der Waals surface area contributed by atoms with Crippen LogP contribution in [0.4, 0.5) is 9.18 Å². The summed E-state index contributed by atoms with van der Waals surface area (Å²) in [6.45, 7) is 1.35. The van der Waals surface area contributed by atoms with Crippen LogP contribution in [0.2, 0.25) is 5.02 Å². The third-order valence-corrected chi connectivity index (χ3v) is 3.96. The number of hydrogen-bond donors (Lipinski definition) is 3. The zero-order valence-electron chi connectivity index (χ0n) is 13.6. The number of aliphatic hydroxyl groups excluding tert-OH is 2. The molecule has 0 aromatic heterocycles. The molecule has 0 fully saturated rings. The van der Waals surface area contributed by atoms with Crippen molar-refractivity contribution >= 4 is 17.7 Å². The van der Waals surface area contributed by atoms with Crippen molar-refractivity contribution < 1.29 is 24.1 Å². The predicted octanol–water partition coefficient (Wildman–Crippen LogP) is 3.11. The van der Waals surface area contributed by atoms with Crippen LogP contribution in [0.3, 0.4) is 0 Å². The Hall–Kier alpha value is -2.15. The lowest BCUT2D eigenvalue weighted by atomic mass is 10.0. The number of benzene rings is 2. The number of alkyl carbamates (subject to hydrolysis) is 1. The first-order chi connectivity index (χ1) is 11.9. The number of aryl methyl sites for hydroxylation is 1. The van der Waals surface area contributed by atoms with Gasteiger partial charge in [-0.3, -0.25) is 0 Å². The van der Waals surface area contributed by atoms with Gasteiger partial charge in [0.05, 0.1) is 0 Å². The number of amides is 1. The molecule has 0 aliphatic heterocycles. The molecular formula is C18H19ClFNO4. The largest absolute Gasteiger partial charge is 0.445 e. The highest BCUT2D eigenvalue weighted by atomic mass is 35.5. The van der Waals surface area contributed by atoms with Crippen molar-refractivity contribution in [1.29, 1.82) is 0 Å². The number of halogens is 2. The van der Waals surface area contributed by atoms with Crippen LogP contribution in [0.5, 0.6) is 0 Å². The molecule has 0 saturated heterocycles. The molecule has 0 aliphatic rings. The molecule has 134 valence electrons. The van der Waals surface area contributed by atoms with Gasteiger partial charge in [-0.15, -0.1) is 0 Å². The number of hydrogen-bond acceptors (Lipinski definition) is 4. The quantitative estimate of drug-likeness (QED) is 0.733. The summed E-state index contributed by atoms with van der Waals surface area (Å²) in [5.41, 5.74) is 1.20. The predicted molar refractivity (Wildman–Crippen MR) is 91.7 cm³/mol. The fourth-order valence-electron chi connectivity index (χ4n) is 2.17. The highest BCUT2D eigenvalue weighted by Gasteiger charge is 2.23. The van der Waals surface area contributed by atoms with Crippen molar-refractivity contribution in [2.24, 2.45) is 0 Å². The molecule has 0 radical (unpaired) electrons. The smallest absolute Gasteiger partial charge is 0.407 e. The number of rotatable bonds is 6. The van der Waals surface area contributed by atoms with E-state index in [0.717, 1.165) is 11.6 Å². The van der Waals surface area contributed by atoms with Crippen LogP contribution in [0.25, 0.3) is 0 Å². The third-order valence-electron chi connectivity index (χ3n) is 3.63. The second-order valence-electron chi connectivity index (χ2n) is 5.58. The molecule has 0 bridgehead atoms. The van der Waals surface area contributed by atoms with E-state index in [1.807, 2.05) is 18.2 Å². The van der Waals surface area contributed by atoms with E-state index in [1.54, 1.807) is 12.1 Å². The Morgan fingerprint density at radius 1 is 1.28 bits per heavy atom. The molecule has 1 amide bonds. The van der Waals surface area contributed by atoms with Crippen LogP contribution >= 0.6 is 11.6 Å². The van der Waals surface area contributed by atoms with Crippen LogP contribution in [0.1, 0.15) is 22.8 Å². The van der Waals surface area contributed by atoms with Gasteiger partial charge in [0.15, 0.2) is 0 Å². The van der Waals surface area contributed by atoms with Crippen molar-refractivity contribution in [3.63, 3.8) is 0 Å². The maximum absolute atomic E-state index is 13.6. The van der Waals surface area contributed by atoms with Gasteiger partial charge in [-0.05, 0) is 30.2 Å². The first-order valence-electron chi connectivity index (χ1n) is 7.64. The number of ether oxygens (including phenoxy) is 1. The molecular weight excluding hydrogens is 349 g/mol. The minimum atomic E-state index is -1.45. The van der Waals surface area contributed by atoms with Gasteiger partial charge in [0.1, 0.15) is 24.6 Å². The highest BCUT2D eigenvalue weighted by Crippen LogP contribution is 2.27. The minimum Gasteiger partial charge on any atom is -0.445 e. The SMILES string of the molecule is Cc1cc(Cl)c(C(O)C(O)CNC(=O)OCc2ccccc2)cc1F. The molecule has 0 saturated carbocycles. The van der Waals surface area contributed by atoms with Crippen LogP contribution in [-0.2, 0) is 11.3 Å². The van der Waals surface area contributed by atoms with Crippen LogP contribution < -0.4 is 5.32 Å². The van der Waals surface area contributed by atoms with Gasteiger partial charge in [-0.25, -0.2) is 9.18 Å². The molecule has 2 unspecified atom stereocenters. The summed E-state index contributed by atoms with van der Waals surface area (Å²) in [4.78, 5) is 11.6. The second kappa shape index (κ2) is 8.80. The highest BCUT2D eigenvalue weighted by molar-refractivity contribution is 6.31. The fourth-order valence-corrected chi connectivity index (χ4v) is 2.50. The second-order valence-corrected chi connectivity index (χ2v) is 5.98. The average Bonchev–Trinajstić information content (AvgIpc) is 2.61. The normalized spacial score (nSPS) is 13.2. The first-order valence-corrected chi connectivity index (χ1v) is 8.02. The summed E-state index contributed by atoms with van der Waals surface area (Å²) >= 11 is 5.97. The summed E-state index contributed by atoms with van der Waals surface area (Å²) in [6, 6.07) is 11.5. The lowest BCUT2D eigenvalue weighted by molar-refractivity contribution is 0.0183. The maximum atomic E-state index is 13.6. The van der Waals surface area contributed by atoms with Crippen molar-refractivity contribution in [3.8, 4) is 0 Å². The van der Waals surface area contributed by atoms with Crippen molar-refractivity contribution in [2.75, 3.05) is 6.54 Å². The van der Waals surface area contributed by atoms with Crippen molar-refractivity contribution in [2.45, 2.75) is 25.7 Å². The summed E-state index contributed by atoms with van der Waals surface area (Å²) in [7, 11) is 0. The molecule has 2 aromatic carbocycles. The zero-order valence-corrected chi connectivity index (χ0v) is 14.3. The Bertz CT molecular complexity index is 727. The van der Waals surface area contributed by atoms with E-state index in [4.69, 9.17) is 16.3 Å². The number of carbonyl (C=O) groups excluding carboxylic acids is 1. The number of nitrogens with one attached hydrogen (secondary N) is 1. The standard InChI is InChI=1S/C18H19ClFNO4/c1-11-7-14(19)13(8-15(11)20)17(23)16(22)9-21-18(24)25-10-12-5-3-2-4-6-12/h2-8,16-17,22-23H,9-10H2,1H3,(H,21,24). The van der Waals surface area contributed by atoms with Crippen LogP contribution in [-0.4, -0.2) is 29.0 Å². The zero-order chi connectivity index (χ0) is 18.4. The van der Waals surface area contributed by atoms with Gasteiger partial charge in [0.2, 0.25) is 0 Å². The van der Waals surface area contributed by atoms with E-state index in [1.165, 1.54) is 13.0 Å². The molecule has 7 heteroatoms. The molecule has 0 spiro atoms. The summed E-state index contributed by atoms with van der Waals surface area (Å²) in [6.07, 6.45) is -3.56. The van der Waals surface area contributed by atoms with Crippen LogP contribution in [0, 0.1) is 12.7 Å². The van der Waals surface area contributed by atoms with Gasteiger partial charge < -0.3 is 20.3 Å². The lowest BCUT2D eigenvalue weighted by Crippen LogP contribution is -2.35. The molecule has 25 heavy (non-hydrogen) atoms. The topological polar surface area (TPSA) is 78.8 Å². The molecule has 3 N–H and O–H groups in total. The Kier molecular flexibility index (Phi) is 6.75. The summed E-state index contributed by atoms with van der Waals surface area (Å²) in [5.74, 6) is -0.541. The van der Waals surface area contributed by atoms with E-state index in [9.17, 15) is 19.4 Å². The van der Waals surface area contributed by atoms with Gasteiger partial charge >= 0.3 is 6.09 Å².